The van der Waals surface area contributed by atoms with Gasteiger partial charge in [-0.05, 0) is 67.6 Å². The first kappa shape index (κ1) is 19.5. The van der Waals surface area contributed by atoms with Crippen LogP contribution in [0.1, 0.15) is 43.6 Å². The molecule has 0 unspecified atom stereocenters. The van der Waals surface area contributed by atoms with Gasteiger partial charge in [0.15, 0.2) is 0 Å². The van der Waals surface area contributed by atoms with Gasteiger partial charge >= 0.3 is 0 Å². The fourth-order valence-electron chi connectivity index (χ4n) is 2.60. The van der Waals surface area contributed by atoms with Crippen molar-refractivity contribution in [2.75, 3.05) is 6.54 Å². The molecule has 2 aromatic carbocycles. The van der Waals surface area contributed by atoms with Crippen LogP contribution in [0.2, 0.25) is 0 Å². The van der Waals surface area contributed by atoms with E-state index in [1.54, 1.807) is 12.1 Å². The number of ether oxygens (including phenoxy) is 1. The van der Waals surface area contributed by atoms with Crippen molar-refractivity contribution in [3.05, 3.63) is 64.1 Å². The molecule has 2 rings (SSSR count). The van der Waals surface area contributed by atoms with E-state index in [-0.39, 0.29) is 17.4 Å². The molecule has 0 saturated heterocycles. The quantitative estimate of drug-likeness (QED) is 0.686. The van der Waals surface area contributed by atoms with Crippen molar-refractivity contribution in [2.24, 2.45) is 5.41 Å². The topological polar surface area (TPSA) is 38.3 Å². The molecule has 2 aromatic rings. The number of amides is 1. The zero-order valence-corrected chi connectivity index (χ0v) is 16.9. The molecule has 0 atom stereocenters. The van der Waals surface area contributed by atoms with Gasteiger partial charge in [0.2, 0.25) is 0 Å². The predicted molar refractivity (Wildman–Crippen MR) is 106 cm³/mol. The van der Waals surface area contributed by atoms with Crippen LogP contribution in [0.15, 0.2) is 53.0 Å². The molecule has 4 heteroatoms. The third-order valence-corrected chi connectivity index (χ3v) is 4.34. The van der Waals surface area contributed by atoms with E-state index in [0.717, 1.165) is 16.6 Å². The SMILES string of the molecule is CC(C)Oc1ccc(C(=O)NCC(C)(C)Cc2ccc(Br)cc2)cc1. The molecule has 3 nitrogen and oxygen atoms in total. The molecule has 0 aliphatic rings. The lowest BCUT2D eigenvalue weighted by Gasteiger charge is -2.25. The molecule has 0 heterocycles. The maximum Gasteiger partial charge on any atom is 0.251 e. The molecule has 0 aliphatic carbocycles. The second kappa shape index (κ2) is 8.52. The summed E-state index contributed by atoms with van der Waals surface area (Å²) in [7, 11) is 0. The molecular weight excluding hydrogens is 378 g/mol. The van der Waals surface area contributed by atoms with E-state index >= 15 is 0 Å². The molecular formula is C21H26BrNO2. The molecule has 0 aromatic heterocycles. The molecule has 134 valence electrons. The molecule has 0 bridgehead atoms. The van der Waals surface area contributed by atoms with Crippen molar-refractivity contribution in [2.45, 2.75) is 40.2 Å². The number of nitrogens with one attached hydrogen (secondary N) is 1. The van der Waals surface area contributed by atoms with Gasteiger partial charge < -0.3 is 10.1 Å². The van der Waals surface area contributed by atoms with Gasteiger partial charge in [-0.3, -0.25) is 4.79 Å². The van der Waals surface area contributed by atoms with Crippen molar-refractivity contribution in [1.82, 2.24) is 5.32 Å². The van der Waals surface area contributed by atoms with Crippen LogP contribution in [0, 0.1) is 5.41 Å². The Balaban J connectivity index is 1.90. The Kier molecular flexibility index (Phi) is 6.65. The van der Waals surface area contributed by atoms with Gasteiger partial charge in [0, 0.05) is 16.6 Å². The zero-order valence-electron chi connectivity index (χ0n) is 15.3. The van der Waals surface area contributed by atoms with E-state index in [0.29, 0.717) is 12.1 Å². The molecule has 0 aliphatic heterocycles. The lowest BCUT2D eigenvalue weighted by molar-refractivity contribution is 0.0936. The van der Waals surface area contributed by atoms with E-state index in [1.165, 1.54) is 5.56 Å². The highest BCUT2D eigenvalue weighted by Gasteiger charge is 2.20. The van der Waals surface area contributed by atoms with Crippen LogP contribution in [0.25, 0.3) is 0 Å². The highest BCUT2D eigenvalue weighted by Crippen LogP contribution is 2.22. The summed E-state index contributed by atoms with van der Waals surface area (Å²) in [6, 6.07) is 15.6. The van der Waals surface area contributed by atoms with E-state index in [2.05, 4.69) is 47.2 Å². The average molecular weight is 404 g/mol. The Morgan fingerprint density at radius 1 is 1.08 bits per heavy atom. The van der Waals surface area contributed by atoms with Crippen LogP contribution in [0.5, 0.6) is 5.75 Å². The minimum Gasteiger partial charge on any atom is -0.491 e. The van der Waals surface area contributed by atoms with Gasteiger partial charge in [0.1, 0.15) is 5.75 Å². The highest BCUT2D eigenvalue weighted by atomic mass is 79.9. The second-order valence-corrected chi connectivity index (χ2v) is 8.26. The summed E-state index contributed by atoms with van der Waals surface area (Å²) >= 11 is 3.45. The van der Waals surface area contributed by atoms with E-state index in [4.69, 9.17) is 4.74 Å². The highest BCUT2D eigenvalue weighted by molar-refractivity contribution is 9.10. The molecule has 1 N–H and O–H groups in total. The summed E-state index contributed by atoms with van der Waals surface area (Å²) in [5.74, 6) is 0.724. The fraction of sp³-hybridized carbons (Fsp3) is 0.381. The Bertz CT molecular complexity index is 691. The first-order valence-corrected chi connectivity index (χ1v) is 9.34. The second-order valence-electron chi connectivity index (χ2n) is 7.34. The Morgan fingerprint density at radius 3 is 2.24 bits per heavy atom. The van der Waals surface area contributed by atoms with Crippen LogP contribution in [0.3, 0.4) is 0 Å². The number of carbonyl (C=O) groups is 1. The summed E-state index contributed by atoms with van der Waals surface area (Å²) in [6.45, 7) is 8.90. The minimum absolute atomic E-state index is 0.0236. The maximum atomic E-state index is 12.4. The van der Waals surface area contributed by atoms with Crippen molar-refractivity contribution < 1.29 is 9.53 Å². The van der Waals surface area contributed by atoms with Gasteiger partial charge in [-0.1, -0.05) is 41.9 Å². The first-order valence-electron chi connectivity index (χ1n) is 8.54. The number of hydrogen-bond acceptors (Lipinski definition) is 2. The van der Waals surface area contributed by atoms with Crippen LogP contribution in [-0.4, -0.2) is 18.6 Å². The summed E-state index contributed by atoms with van der Waals surface area (Å²) in [6.07, 6.45) is 1.03. The van der Waals surface area contributed by atoms with Gasteiger partial charge in [-0.2, -0.15) is 0 Å². The number of carbonyl (C=O) groups excluding carboxylic acids is 1. The smallest absolute Gasteiger partial charge is 0.251 e. The maximum absolute atomic E-state index is 12.4. The fourth-order valence-corrected chi connectivity index (χ4v) is 2.86. The Labute approximate surface area is 158 Å². The lowest BCUT2D eigenvalue weighted by Crippen LogP contribution is -2.35. The molecule has 25 heavy (non-hydrogen) atoms. The Hall–Kier alpha value is -1.81. The van der Waals surface area contributed by atoms with Crippen LogP contribution in [0.4, 0.5) is 0 Å². The van der Waals surface area contributed by atoms with Gasteiger partial charge in [-0.15, -0.1) is 0 Å². The third-order valence-electron chi connectivity index (χ3n) is 3.81. The molecule has 0 radical (unpaired) electrons. The minimum atomic E-state index is -0.0556. The normalized spacial score (nSPS) is 11.4. The number of benzene rings is 2. The van der Waals surface area contributed by atoms with Gasteiger partial charge in [0.05, 0.1) is 6.10 Å². The van der Waals surface area contributed by atoms with Crippen molar-refractivity contribution in [3.63, 3.8) is 0 Å². The first-order chi connectivity index (χ1) is 11.7. The van der Waals surface area contributed by atoms with Crippen LogP contribution in [-0.2, 0) is 6.42 Å². The Morgan fingerprint density at radius 2 is 1.68 bits per heavy atom. The van der Waals surface area contributed by atoms with Crippen molar-refractivity contribution in [3.8, 4) is 5.75 Å². The van der Waals surface area contributed by atoms with Crippen LogP contribution >= 0.6 is 15.9 Å². The average Bonchev–Trinajstić information content (AvgIpc) is 2.55. The number of hydrogen-bond donors (Lipinski definition) is 1. The van der Waals surface area contributed by atoms with Gasteiger partial charge in [-0.25, -0.2) is 0 Å². The molecule has 1 amide bonds. The zero-order chi connectivity index (χ0) is 18.4. The van der Waals surface area contributed by atoms with Crippen LogP contribution < -0.4 is 10.1 Å². The summed E-state index contributed by atoms with van der Waals surface area (Å²) in [4.78, 5) is 12.4. The van der Waals surface area contributed by atoms with Gasteiger partial charge in [0.25, 0.3) is 5.91 Å². The lowest BCUT2D eigenvalue weighted by atomic mass is 9.85. The van der Waals surface area contributed by atoms with Crippen molar-refractivity contribution >= 4 is 21.8 Å². The molecule has 0 fully saturated rings. The van der Waals surface area contributed by atoms with E-state index < -0.39 is 0 Å². The summed E-state index contributed by atoms with van der Waals surface area (Å²) in [5.41, 5.74) is 1.89. The predicted octanol–water partition coefficient (Wildman–Crippen LogP) is 5.24. The molecule has 0 spiro atoms. The van der Waals surface area contributed by atoms with E-state index in [1.807, 2.05) is 38.1 Å². The molecule has 0 saturated carbocycles. The number of rotatable bonds is 7. The monoisotopic (exact) mass is 403 g/mol. The summed E-state index contributed by atoms with van der Waals surface area (Å²) < 4.78 is 6.68. The van der Waals surface area contributed by atoms with Crippen molar-refractivity contribution in [1.29, 1.82) is 0 Å². The largest absolute Gasteiger partial charge is 0.491 e. The summed E-state index contributed by atoms with van der Waals surface area (Å²) in [5, 5.41) is 3.04. The third kappa shape index (κ3) is 6.54. The number of halogens is 1. The van der Waals surface area contributed by atoms with E-state index in [9.17, 15) is 4.79 Å². The standard InChI is InChI=1S/C21H26BrNO2/c1-15(2)25-19-11-7-17(8-12-19)20(24)23-14-21(3,4)13-16-5-9-18(22)10-6-16/h5-12,15H,13-14H2,1-4H3,(H,23,24).